The summed E-state index contributed by atoms with van der Waals surface area (Å²) in [6.45, 7) is 2.02. The Morgan fingerprint density at radius 2 is 2.24 bits per heavy atom. The van der Waals surface area contributed by atoms with E-state index in [1.54, 1.807) is 30.8 Å². The van der Waals surface area contributed by atoms with E-state index in [1.165, 1.54) is 12.1 Å². The van der Waals surface area contributed by atoms with Gasteiger partial charge in [0.05, 0.1) is 11.8 Å². The summed E-state index contributed by atoms with van der Waals surface area (Å²) < 4.78 is 19.5. The van der Waals surface area contributed by atoms with E-state index in [-0.39, 0.29) is 11.7 Å². The Labute approximate surface area is 198 Å². The molecule has 0 radical (unpaired) electrons. The summed E-state index contributed by atoms with van der Waals surface area (Å²) in [5.74, 6) is 0.110. The molecule has 1 atom stereocenters. The first-order chi connectivity index (χ1) is 16.0. The van der Waals surface area contributed by atoms with Crippen molar-refractivity contribution in [1.82, 2.24) is 20.5 Å². The zero-order chi connectivity index (χ0) is 23.2. The summed E-state index contributed by atoms with van der Waals surface area (Å²) >= 11 is 4.59. The highest BCUT2D eigenvalue weighted by molar-refractivity contribution is 7.81. The molecule has 4 rings (SSSR count). The molecule has 33 heavy (non-hydrogen) atoms. The largest absolute Gasteiger partial charge is 0.461 e. The maximum absolute atomic E-state index is 13.6. The second-order valence-corrected chi connectivity index (χ2v) is 8.56. The molecule has 3 heterocycles. The van der Waals surface area contributed by atoms with Crippen LogP contribution in [-0.4, -0.2) is 41.3 Å². The van der Waals surface area contributed by atoms with Crippen LogP contribution in [0.15, 0.2) is 66.0 Å². The molecule has 1 unspecified atom stereocenters. The summed E-state index contributed by atoms with van der Waals surface area (Å²) in [4.78, 5) is 19.0. The average molecular weight is 470 g/mol. The number of anilines is 1. The van der Waals surface area contributed by atoms with Gasteiger partial charge < -0.3 is 25.6 Å². The molecule has 3 N–H and O–H groups in total. The zero-order valence-electron chi connectivity index (χ0n) is 18.5. The van der Waals surface area contributed by atoms with Crippen LogP contribution in [0.2, 0.25) is 0 Å². The number of halogens is 1. The van der Waals surface area contributed by atoms with E-state index < -0.39 is 5.37 Å². The number of hydrogen-bond donors (Lipinski definition) is 4. The molecule has 0 saturated carbocycles. The third-order valence-electron chi connectivity index (χ3n) is 5.73. The number of allylic oxidation sites excluding steroid dienone is 1. The third-order valence-corrected chi connectivity index (χ3v) is 6.12. The van der Waals surface area contributed by atoms with Gasteiger partial charge >= 0.3 is 0 Å². The van der Waals surface area contributed by atoms with Gasteiger partial charge in [-0.3, -0.25) is 9.78 Å². The molecule has 7 nitrogen and oxygen atoms in total. The minimum Gasteiger partial charge on any atom is -0.461 e. The predicted molar refractivity (Wildman–Crippen MR) is 129 cm³/mol. The number of ether oxygens (including phenoxy) is 1. The summed E-state index contributed by atoms with van der Waals surface area (Å²) in [5.41, 5.74) is 3.91. The number of hydrogen-bond acceptors (Lipinski definition) is 7. The van der Waals surface area contributed by atoms with Crippen LogP contribution in [0.4, 0.5) is 10.1 Å². The van der Waals surface area contributed by atoms with Gasteiger partial charge in [-0.1, -0.05) is 6.07 Å². The normalized spacial score (nSPS) is 18.3. The fraction of sp³-hybridized carbons (Fsp3) is 0.333. The lowest BCUT2D eigenvalue weighted by Gasteiger charge is -2.26. The van der Waals surface area contributed by atoms with Crippen molar-refractivity contribution < 1.29 is 13.9 Å². The van der Waals surface area contributed by atoms with E-state index in [4.69, 9.17) is 4.74 Å². The van der Waals surface area contributed by atoms with Crippen molar-refractivity contribution >= 4 is 24.2 Å². The summed E-state index contributed by atoms with van der Waals surface area (Å²) in [6, 6.07) is 7.97. The number of pyridine rings is 1. The number of rotatable bonds is 8. The Balaban J connectivity index is 1.49. The molecule has 0 aliphatic carbocycles. The second-order valence-electron chi connectivity index (χ2n) is 8.04. The highest BCUT2D eigenvalue weighted by Crippen LogP contribution is 2.24. The van der Waals surface area contributed by atoms with Gasteiger partial charge in [0.15, 0.2) is 0 Å². The molecule has 174 valence electrons. The molecule has 0 bridgehead atoms. The van der Waals surface area contributed by atoms with Crippen molar-refractivity contribution in [3.63, 3.8) is 0 Å². The van der Waals surface area contributed by atoms with Crippen LogP contribution in [0.25, 0.3) is 0 Å². The Morgan fingerprint density at radius 3 is 3.03 bits per heavy atom. The van der Waals surface area contributed by atoms with Crippen LogP contribution in [0.5, 0.6) is 5.75 Å². The van der Waals surface area contributed by atoms with Gasteiger partial charge in [-0.05, 0) is 37.1 Å². The van der Waals surface area contributed by atoms with Crippen molar-refractivity contribution in [3.05, 3.63) is 77.3 Å². The van der Waals surface area contributed by atoms with Crippen LogP contribution >= 0.6 is 12.6 Å². The van der Waals surface area contributed by atoms with Crippen molar-refractivity contribution in [2.24, 2.45) is 0 Å². The quantitative estimate of drug-likeness (QED) is 0.270. The Hall–Kier alpha value is -3.20. The van der Waals surface area contributed by atoms with E-state index in [0.29, 0.717) is 36.5 Å². The standard InChI is InChI=1S/C24H28FN5O2S/c1-30-11-3-6-19(30)15-32-21-14-26-9-7-16(21)13-28-20-8-10-27-23(31)22(20)24(33)29-18-5-2-4-17(25)12-18/h2,4-5,7,9,12,14-15,24,28-29,33H,3,6,8,10-11,13H2,1H3,(H,27,31)/b19-15+. The number of benzene rings is 1. The highest BCUT2D eigenvalue weighted by atomic mass is 32.1. The summed E-state index contributed by atoms with van der Waals surface area (Å²) in [5, 5.41) is 8.74. The first kappa shape index (κ1) is 23.0. The van der Waals surface area contributed by atoms with Crippen molar-refractivity contribution in [2.75, 3.05) is 25.5 Å². The van der Waals surface area contributed by atoms with Crippen LogP contribution in [0.3, 0.4) is 0 Å². The van der Waals surface area contributed by atoms with Gasteiger partial charge in [0.2, 0.25) is 0 Å². The topological polar surface area (TPSA) is 78.5 Å². The molecule has 2 aliphatic rings. The first-order valence-electron chi connectivity index (χ1n) is 11.0. The lowest BCUT2D eigenvalue weighted by Crippen LogP contribution is -2.40. The van der Waals surface area contributed by atoms with Gasteiger partial charge in [-0.15, -0.1) is 12.6 Å². The van der Waals surface area contributed by atoms with Gasteiger partial charge in [0.25, 0.3) is 5.91 Å². The molecule has 1 amide bonds. The highest BCUT2D eigenvalue weighted by Gasteiger charge is 2.26. The Kier molecular flexibility index (Phi) is 7.39. The van der Waals surface area contributed by atoms with Crippen molar-refractivity contribution in [1.29, 1.82) is 0 Å². The van der Waals surface area contributed by atoms with E-state index in [1.807, 2.05) is 6.07 Å². The number of carbonyl (C=O) groups is 1. The molecular weight excluding hydrogens is 441 g/mol. The third kappa shape index (κ3) is 5.78. The molecule has 1 saturated heterocycles. The van der Waals surface area contributed by atoms with Gasteiger partial charge in [-0.2, -0.15) is 0 Å². The molecular formula is C24H28FN5O2S. The molecule has 2 aliphatic heterocycles. The van der Waals surface area contributed by atoms with Crippen LogP contribution in [0.1, 0.15) is 24.8 Å². The Morgan fingerprint density at radius 1 is 1.36 bits per heavy atom. The first-order valence-corrected chi connectivity index (χ1v) is 11.5. The van der Waals surface area contributed by atoms with Crippen molar-refractivity contribution in [2.45, 2.75) is 31.2 Å². The number of thiol groups is 1. The molecule has 0 spiro atoms. The molecule has 1 aromatic heterocycles. The fourth-order valence-corrected chi connectivity index (χ4v) is 4.35. The minimum absolute atomic E-state index is 0.201. The van der Waals surface area contributed by atoms with E-state index in [2.05, 4.69) is 45.5 Å². The van der Waals surface area contributed by atoms with Crippen molar-refractivity contribution in [3.8, 4) is 5.75 Å². The number of nitrogens with zero attached hydrogens (tertiary/aromatic N) is 2. The minimum atomic E-state index is -0.606. The van der Waals surface area contributed by atoms with Gasteiger partial charge in [0.1, 0.15) is 23.2 Å². The summed E-state index contributed by atoms with van der Waals surface area (Å²) in [7, 11) is 2.06. The van der Waals surface area contributed by atoms with Gasteiger partial charge in [-0.25, -0.2) is 4.39 Å². The lowest BCUT2D eigenvalue weighted by molar-refractivity contribution is -0.118. The number of likely N-dealkylation sites (tertiary alicyclic amines) is 1. The molecule has 2 aromatic rings. The summed E-state index contributed by atoms with van der Waals surface area (Å²) in [6.07, 6.45) is 7.96. The number of aromatic nitrogens is 1. The van der Waals surface area contributed by atoms with Crippen LogP contribution in [-0.2, 0) is 11.3 Å². The number of nitrogens with one attached hydrogen (secondary N) is 3. The van der Waals surface area contributed by atoms with Gasteiger partial charge in [0, 0.05) is 61.9 Å². The predicted octanol–water partition coefficient (Wildman–Crippen LogP) is 3.40. The lowest BCUT2D eigenvalue weighted by atomic mass is 10.1. The Bertz CT molecular complexity index is 1070. The monoisotopic (exact) mass is 469 g/mol. The smallest absolute Gasteiger partial charge is 0.251 e. The molecule has 1 fully saturated rings. The van der Waals surface area contributed by atoms with Crippen LogP contribution < -0.4 is 20.7 Å². The van der Waals surface area contributed by atoms with E-state index in [0.717, 1.165) is 36.3 Å². The second kappa shape index (κ2) is 10.6. The molecule has 9 heteroatoms. The van der Waals surface area contributed by atoms with E-state index in [9.17, 15) is 9.18 Å². The van der Waals surface area contributed by atoms with E-state index >= 15 is 0 Å². The maximum atomic E-state index is 13.6. The van der Waals surface area contributed by atoms with Crippen LogP contribution in [0, 0.1) is 5.82 Å². The number of carbonyl (C=O) groups excluding carboxylic acids is 1. The fourth-order valence-electron chi connectivity index (χ4n) is 3.92. The average Bonchev–Trinajstić information content (AvgIpc) is 3.21. The number of amides is 1. The SMILES string of the molecule is CN1CCC/C1=C\Oc1cnccc1CNC1=C(C(S)Nc2cccc(F)c2)C(=O)NCC1. The zero-order valence-corrected chi connectivity index (χ0v) is 19.4. The molecule has 1 aromatic carbocycles. The maximum Gasteiger partial charge on any atom is 0.251 e.